The average Bonchev–Trinajstić information content (AvgIpc) is 2.75. The van der Waals surface area contributed by atoms with Crippen molar-refractivity contribution < 1.29 is 18.3 Å². The van der Waals surface area contributed by atoms with Crippen LogP contribution in [-0.4, -0.2) is 80.7 Å². The highest BCUT2D eigenvalue weighted by Gasteiger charge is 2.38. The molecule has 8 heteroatoms. The van der Waals surface area contributed by atoms with Gasteiger partial charge in [0, 0.05) is 33.2 Å². The van der Waals surface area contributed by atoms with Gasteiger partial charge in [-0.15, -0.1) is 0 Å². The summed E-state index contributed by atoms with van der Waals surface area (Å²) in [5, 5.41) is 12.7. The molecule has 100 valence electrons. The largest absolute Gasteiger partial charge is 0.390 e. The van der Waals surface area contributed by atoms with Crippen molar-refractivity contribution >= 4 is 10.2 Å². The number of morpholine rings is 1. The van der Waals surface area contributed by atoms with Gasteiger partial charge < -0.3 is 15.2 Å². The number of β-amino-alcohol motifs (C(OH)–C–C–N with tert-alkyl or cyclic N) is 1. The van der Waals surface area contributed by atoms with Crippen molar-refractivity contribution in [2.24, 2.45) is 0 Å². The highest BCUT2D eigenvalue weighted by atomic mass is 32.2. The second-order valence-electron chi connectivity index (χ2n) is 4.33. The fourth-order valence-electron chi connectivity index (χ4n) is 2.15. The summed E-state index contributed by atoms with van der Waals surface area (Å²) in [6.45, 7) is 2.54. The molecule has 2 fully saturated rings. The van der Waals surface area contributed by atoms with Gasteiger partial charge in [0.15, 0.2) is 0 Å². The first-order valence-corrected chi connectivity index (χ1v) is 7.13. The van der Waals surface area contributed by atoms with Gasteiger partial charge in [0.1, 0.15) is 0 Å². The molecule has 0 aliphatic carbocycles. The third-order valence-corrected chi connectivity index (χ3v) is 5.29. The van der Waals surface area contributed by atoms with Crippen molar-refractivity contribution in [2.75, 3.05) is 46.4 Å². The number of nitrogens with zero attached hydrogens (tertiary/aromatic N) is 2. The molecular formula is C9H19N3O4S. The maximum Gasteiger partial charge on any atom is 0.282 e. The standard InChI is InChI=1S/C9H19N3O4S/c1-11(8-6-10-7-9(8)13)17(14,15)12-2-4-16-5-3-12/h8-10,13H,2-7H2,1H3/t8-,9-/m0/s1. The molecule has 0 amide bonds. The van der Waals surface area contributed by atoms with Crippen LogP contribution in [0.3, 0.4) is 0 Å². The van der Waals surface area contributed by atoms with E-state index in [1.807, 2.05) is 0 Å². The van der Waals surface area contributed by atoms with Crippen molar-refractivity contribution in [1.29, 1.82) is 0 Å². The predicted octanol–water partition coefficient (Wildman–Crippen LogP) is -2.17. The Morgan fingerprint density at radius 2 is 2.00 bits per heavy atom. The quantitative estimate of drug-likeness (QED) is 0.607. The Hall–Kier alpha value is -0.250. The Labute approximate surface area is 102 Å². The molecule has 0 unspecified atom stereocenters. The van der Waals surface area contributed by atoms with E-state index in [9.17, 15) is 13.5 Å². The number of likely N-dealkylation sites (N-methyl/N-ethyl adjacent to an activating group) is 1. The second-order valence-corrected chi connectivity index (χ2v) is 6.32. The lowest BCUT2D eigenvalue weighted by Gasteiger charge is -2.33. The van der Waals surface area contributed by atoms with Crippen LogP contribution in [0.1, 0.15) is 0 Å². The lowest BCUT2D eigenvalue weighted by atomic mass is 10.2. The molecule has 2 rings (SSSR count). The molecule has 0 aromatic heterocycles. The van der Waals surface area contributed by atoms with Gasteiger partial charge in [-0.05, 0) is 0 Å². The molecule has 0 bridgehead atoms. The van der Waals surface area contributed by atoms with Gasteiger partial charge in [0.2, 0.25) is 0 Å². The first-order valence-electron chi connectivity index (χ1n) is 5.73. The van der Waals surface area contributed by atoms with Gasteiger partial charge in [0.25, 0.3) is 10.2 Å². The smallest absolute Gasteiger partial charge is 0.282 e. The number of hydrogen-bond acceptors (Lipinski definition) is 5. The zero-order valence-electron chi connectivity index (χ0n) is 9.87. The Balaban J connectivity index is 2.08. The van der Waals surface area contributed by atoms with Crippen LogP contribution >= 0.6 is 0 Å². The van der Waals surface area contributed by atoms with E-state index in [4.69, 9.17) is 4.74 Å². The molecule has 0 saturated carbocycles. The SMILES string of the molecule is CN([C@H]1CNC[C@@H]1O)S(=O)(=O)N1CCOCC1. The first-order chi connectivity index (χ1) is 8.03. The summed E-state index contributed by atoms with van der Waals surface area (Å²) in [5.41, 5.74) is 0. The van der Waals surface area contributed by atoms with Crippen molar-refractivity contribution in [1.82, 2.24) is 13.9 Å². The van der Waals surface area contributed by atoms with Crippen molar-refractivity contribution in [3.05, 3.63) is 0 Å². The number of aliphatic hydroxyl groups is 1. The molecule has 0 spiro atoms. The van der Waals surface area contributed by atoms with Crippen LogP contribution in [0.25, 0.3) is 0 Å². The van der Waals surface area contributed by atoms with Gasteiger partial charge in [-0.25, -0.2) is 0 Å². The highest BCUT2D eigenvalue weighted by Crippen LogP contribution is 2.16. The normalized spacial score (nSPS) is 32.2. The minimum atomic E-state index is -3.49. The fourth-order valence-corrected chi connectivity index (χ4v) is 3.68. The van der Waals surface area contributed by atoms with Crippen LogP contribution in [0.2, 0.25) is 0 Å². The zero-order chi connectivity index (χ0) is 12.5. The Morgan fingerprint density at radius 3 is 2.53 bits per heavy atom. The van der Waals surface area contributed by atoms with E-state index < -0.39 is 16.3 Å². The van der Waals surface area contributed by atoms with Gasteiger partial charge >= 0.3 is 0 Å². The highest BCUT2D eigenvalue weighted by molar-refractivity contribution is 7.86. The van der Waals surface area contributed by atoms with E-state index in [1.165, 1.54) is 15.7 Å². The average molecular weight is 265 g/mol. The van der Waals surface area contributed by atoms with Crippen molar-refractivity contribution in [2.45, 2.75) is 12.1 Å². The molecule has 7 nitrogen and oxygen atoms in total. The Bertz CT molecular complexity index is 355. The van der Waals surface area contributed by atoms with E-state index in [2.05, 4.69) is 5.32 Å². The van der Waals surface area contributed by atoms with Crippen LogP contribution in [0.15, 0.2) is 0 Å². The molecule has 2 aliphatic heterocycles. The molecule has 0 radical (unpaired) electrons. The summed E-state index contributed by atoms with van der Waals surface area (Å²) < 4.78 is 32.4. The summed E-state index contributed by atoms with van der Waals surface area (Å²) in [6.07, 6.45) is -0.643. The van der Waals surface area contributed by atoms with Gasteiger partial charge in [-0.1, -0.05) is 0 Å². The lowest BCUT2D eigenvalue weighted by Crippen LogP contribution is -2.53. The molecule has 2 saturated heterocycles. The maximum atomic E-state index is 12.3. The zero-order valence-corrected chi connectivity index (χ0v) is 10.7. The summed E-state index contributed by atoms with van der Waals surface area (Å²) in [5.74, 6) is 0. The van der Waals surface area contributed by atoms with Crippen LogP contribution in [0.4, 0.5) is 0 Å². The fraction of sp³-hybridized carbons (Fsp3) is 1.00. The van der Waals surface area contributed by atoms with Crippen molar-refractivity contribution in [3.8, 4) is 0 Å². The number of hydrogen-bond donors (Lipinski definition) is 2. The minimum Gasteiger partial charge on any atom is -0.390 e. The van der Waals surface area contributed by atoms with E-state index in [-0.39, 0.29) is 6.04 Å². The van der Waals surface area contributed by atoms with E-state index in [1.54, 1.807) is 0 Å². The number of aliphatic hydroxyl groups excluding tert-OH is 1. The van der Waals surface area contributed by atoms with Gasteiger partial charge in [-0.3, -0.25) is 0 Å². The van der Waals surface area contributed by atoms with Crippen LogP contribution < -0.4 is 5.32 Å². The number of nitrogens with one attached hydrogen (secondary N) is 1. The monoisotopic (exact) mass is 265 g/mol. The molecule has 17 heavy (non-hydrogen) atoms. The topological polar surface area (TPSA) is 82.1 Å². The molecule has 2 heterocycles. The van der Waals surface area contributed by atoms with Crippen LogP contribution in [0.5, 0.6) is 0 Å². The van der Waals surface area contributed by atoms with E-state index in [0.717, 1.165) is 0 Å². The molecule has 2 aliphatic rings. The first kappa shape index (κ1) is 13.2. The second kappa shape index (κ2) is 5.17. The summed E-state index contributed by atoms with van der Waals surface area (Å²) in [7, 11) is -1.97. The molecule has 2 N–H and O–H groups in total. The van der Waals surface area contributed by atoms with Crippen molar-refractivity contribution in [3.63, 3.8) is 0 Å². The van der Waals surface area contributed by atoms with Gasteiger partial charge in [-0.2, -0.15) is 17.0 Å². The predicted molar refractivity (Wildman–Crippen MR) is 61.7 cm³/mol. The summed E-state index contributed by atoms with van der Waals surface area (Å²) >= 11 is 0. The summed E-state index contributed by atoms with van der Waals surface area (Å²) in [6, 6.07) is -0.386. The molecule has 0 aromatic carbocycles. The third-order valence-electron chi connectivity index (χ3n) is 3.28. The van der Waals surface area contributed by atoms with Crippen LogP contribution in [-0.2, 0) is 14.9 Å². The van der Waals surface area contributed by atoms with E-state index in [0.29, 0.717) is 39.4 Å². The van der Waals surface area contributed by atoms with E-state index >= 15 is 0 Å². The van der Waals surface area contributed by atoms with Gasteiger partial charge in [0.05, 0.1) is 25.4 Å². The Morgan fingerprint density at radius 1 is 1.35 bits per heavy atom. The lowest BCUT2D eigenvalue weighted by molar-refractivity contribution is 0.0675. The molecular weight excluding hydrogens is 246 g/mol. The van der Waals surface area contributed by atoms with Crippen LogP contribution in [0, 0.1) is 0 Å². The molecule has 0 aromatic rings. The maximum absolute atomic E-state index is 12.3. The Kier molecular flexibility index (Phi) is 4.01. The molecule has 2 atom stereocenters. The summed E-state index contributed by atoms with van der Waals surface area (Å²) in [4.78, 5) is 0. The number of ether oxygens (including phenoxy) is 1. The minimum absolute atomic E-state index is 0.378. The third kappa shape index (κ3) is 2.61. The number of rotatable bonds is 3.